The number of hydrogen-bond acceptors (Lipinski definition) is 2. The zero-order chi connectivity index (χ0) is 8.69. The first-order chi connectivity index (χ1) is 5.22. The molecular weight excluding hydrogens is 144 g/mol. The molecule has 0 aliphatic heterocycles. The molecule has 64 valence electrons. The van der Waals surface area contributed by atoms with Crippen LogP contribution in [0.2, 0.25) is 0 Å². The first-order valence-electron chi connectivity index (χ1n) is 3.72. The molecule has 0 unspecified atom stereocenters. The van der Waals surface area contributed by atoms with Crippen molar-refractivity contribution >= 4 is 11.8 Å². The van der Waals surface area contributed by atoms with Gasteiger partial charge in [0.15, 0.2) is 0 Å². The Balaban J connectivity index is 3.44. The van der Waals surface area contributed by atoms with Crippen LogP contribution in [0.15, 0.2) is 0 Å². The SMILES string of the molecule is CCCCNC(=O)C(=O)NC. The van der Waals surface area contributed by atoms with Gasteiger partial charge in [0.05, 0.1) is 0 Å². The van der Waals surface area contributed by atoms with E-state index >= 15 is 0 Å². The quantitative estimate of drug-likeness (QED) is 0.435. The molecule has 4 heteroatoms. The molecule has 0 aliphatic rings. The van der Waals surface area contributed by atoms with Gasteiger partial charge in [0.25, 0.3) is 0 Å². The highest BCUT2D eigenvalue weighted by molar-refractivity contribution is 6.34. The lowest BCUT2D eigenvalue weighted by Gasteiger charge is -2.01. The van der Waals surface area contributed by atoms with E-state index in [1.54, 1.807) is 0 Å². The highest BCUT2D eigenvalue weighted by Crippen LogP contribution is 1.81. The molecule has 0 atom stereocenters. The van der Waals surface area contributed by atoms with Gasteiger partial charge in [0.2, 0.25) is 0 Å². The first kappa shape index (κ1) is 9.94. The fraction of sp³-hybridized carbons (Fsp3) is 0.714. The molecule has 0 bridgehead atoms. The van der Waals surface area contributed by atoms with E-state index in [1.807, 2.05) is 6.92 Å². The van der Waals surface area contributed by atoms with Crippen molar-refractivity contribution in [3.8, 4) is 0 Å². The van der Waals surface area contributed by atoms with E-state index in [0.29, 0.717) is 6.54 Å². The number of unbranched alkanes of at least 4 members (excludes halogenated alkanes) is 1. The van der Waals surface area contributed by atoms with Gasteiger partial charge in [-0.1, -0.05) is 13.3 Å². The minimum absolute atomic E-state index is 0.555. The zero-order valence-corrected chi connectivity index (χ0v) is 6.94. The number of carbonyl (C=O) groups excluding carboxylic acids is 2. The van der Waals surface area contributed by atoms with Crippen LogP contribution >= 0.6 is 0 Å². The van der Waals surface area contributed by atoms with Crippen molar-refractivity contribution in [3.63, 3.8) is 0 Å². The first-order valence-corrected chi connectivity index (χ1v) is 3.72. The monoisotopic (exact) mass is 158 g/mol. The number of nitrogens with one attached hydrogen (secondary N) is 2. The molecule has 0 spiro atoms. The van der Waals surface area contributed by atoms with Gasteiger partial charge in [-0.25, -0.2) is 0 Å². The Hall–Kier alpha value is -1.06. The summed E-state index contributed by atoms with van der Waals surface area (Å²) < 4.78 is 0. The molecule has 0 aromatic carbocycles. The number of amides is 2. The lowest BCUT2D eigenvalue weighted by Crippen LogP contribution is -2.38. The summed E-state index contributed by atoms with van der Waals surface area (Å²) in [6.07, 6.45) is 1.91. The van der Waals surface area contributed by atoms with Crippen LogP contribution in [0.3, 0.4) is 0 Å². The van der Waals surface area contributed by atoms with E-state index in [4.69, 9.17) is 0 Å². The standard InChI is InChI=1S/C7H14N2O2/c1-3-4-5-9-7(11)6(10)8-2/h3-5H2,1-2H3,(H,8,10)(H,9,11). The van der Waals surface area contributed by atoms with E-state index in [-0.39, 0.29) is 0 Å². The summed E-state index contributed by atoms with van der Waals surface area (Å²) in [5.74, 6) is -1.14. The van der Waals surface area contributed by atoms with Crippen molar-refractivity contribution in [1.29, 1.82) is 0 Å². The molecule has 0 radical (unpaired) electrons. The molecule has 0 saturated carbocycles. The number of rotatable bonds is 3. The summed E-state index contributed by atoms with van der Waals surface area (Å²) in [5.41, 5.74) is 0. The zero-order valence-electron chi connectivity index (χ0n) is 6.94. The maximum Gasteiger partial charge on any atom is 0.309 e. The van der Waals surface area contributed by atoms with Crippen molar-refractivity contribution in [3.05, 3.63) is 0 Å². The second-order valence-electron chi connectivity index (χ2n) is 2.19. The molecule has 0 fully saturated rings. The van der Waals surface area contributed by atoms with Crippen molar-refractivity contribution in [2.24, 2.45) is 0 Å². The molecule has 0 aromatic heterocycles. The fourth-order valence-corrected chi connectivity index (χ4v) is 0.573. The van der Waals surface area contributed by atoms with E-state index < -0.39 is 11.8 Å². The molecule has 0 aromatic rings. The maximum atomic E-state index is 10.7. The van der Waals surface area contributed by atoms with E-state index in [0.717, 1.165) is 12.8 Å². The van der Waals surface area contributed by atoms with Gasteiger partial charge in [-0.05, 0) is 6.42 Å². The predicted molar refractivity (Wildman–Crippen MR) is 42.0 cm³/mol. The Bertz CT molecular complexity index is 145. The predicted octanol–water partition coefficient (Wildman–Crippen LogP) is -0.351. The largest absolute Gasteiger partial charge is 0.351 e. The molecule has 0 saturated heterocycles. The van der Waals surface area contributed by atoms with Crippen molar-refractivity contribution in [2.75, 3.05) is 13.6 Å². The Morgan fingerprint density at radius 2 is 1.91 bits per heavy atom. The average molecular weight is 158 g/mol. The summed E-state index contributed by atoms with van der Waals surface area (Å²) in [6.45, 7) is 2.59. The molecule has 4 nitrogen and oxygen atoms in total. The second-order valence-corrected chi connectivity index (χ2v) is 2.19. The van der Waals surface area contributed by atoms with Crippen LogP contribution in [0.1, 0.15) is 19.8 Å². The van der Waals surface area contributed by atoms with Crippen LogP contribution in [0.5, 0.6) is 0 Å². The van der Waals surface area contributed by atoms with Crippen molar-refractivity contribution in [1.82, 2.24) is 10.6 Å². The third kappa shape index (κ3) is 4.36. The van der Waals surface area contributed by atoms with Gasteiger partial charge in [-0.2, -0.15) is 0 Å². The van der Waals surface area contributed by atoms with Crippen LogP contribution in [-0.2, 0) is 9.59 Å². The molecule has 2 N–H and O–H groups in total. The fourth-order valence-electron chi connectivity index (χ4n) is 0.573. The summed E-state index contributed by atoms with van der Waals surface area (Å²) >= 11 is 0. The summed E-state index contributed by atoms with van der Waals surface area (Å²) in [4.78, 5) is 21.3. The highest BCUT2D eigenvalue weighted by Gasteiger charge is 2.08. The number of hydrogen-bond donors (Lipinski definition) is 2. The Morgan fingerprint density at radius 1 is 1.27 bits per heavy atom. The van der Waals surface area contributed by atoms with Gasteiger partial charge in [-0.15, -0.1) is 0 Å². The van der Waals surface area contributed by atoms with E-state index in [2.05, 4.69) is 10.6 Å². The van der Waals surface area contributed by atoms with Gasteiger partial charge in [-0.3, -0.25) is 9.59 Å². The lowest BCUT2D eigenvalue weighted by atomic mass is 10.3. The van der Waals surface area contributed by atoms with Crippen LogP contribution in [-0.4, -0.2) is 25.4 Å². The summed E-state index contributed by atoms with van der Waals surface area (Å²) in [7, 11) is 1.43. The smallest absolute Gasteiger partial charge is 0.309 e. The summed E-state index contributed by atoms with van der Waals surface area (Å²) in [6, 6.07) is 0. The summed E-state index contributed by atoms with van der Waals surface area (Å²) in [5, 5.41) is 4.72. The highest BCUT2D eigenvalue weighted by atomic mass is 16.2. The van der Waals surface area contributed by atoms with Crippen LogP contribution in [0, 0.1) is 0 Å². The van der Waals surface area contributed by atoms with Crippen molar-refractivity contribution < 1.29 is 9.59 Å². The average Bonchev–Trinajstić information content (AvgIpc) is 2.03. The maximum absolute atomic E-state index is 10.7. The molecular formula is C7H14N2O2. The molecule has 0 rings (SSSR count). The number of likely N-dealkylation sites (N-methyl/N-ethyl adjacent to an activating group) is 1. The Labute approximate surface area is 66.4 Å². The Morgan fingerprint density at radius 3 is 2.36 bits per heavy atom. The molecule has 0 aliphatic carbocycles. The van der Waals surface area contributed by atoms with E-state index in [1.165, 1.54) is 7.05 Å². The normalized spacial score (nSPS) is 8.91. The molecule has 11 heavy (non-hydrogen) atoms. The number of carbonyl (C=O) groups is 2. The molecule has 0 heterocycles. The second kappa shape index (κ2) is 5.70. The van der Waals surface area contributed by atoms with Gasteiger partial charge in [0, 0.05) is 13.6 Å². The topological polar surface area (TPSA) is 58.2 Å². The molecule has 2 amide bonds. The van der Waals surface area contributed by atoms with Crippen LogP contribution in [0.4, 0.5) is 0 Å². The van der Waals surface area contributed by atoms with E-state index in [9.17, 15) is 9.59 Å². The van der Waals surface area contributed by atoms with Gasteiger partial charge < -0.3 is 10.6 Å². The minimum atomic E-state index is -0.582. The van der Waals surface area contributed by atoms with Crippen LogP contribution < -0.4 is 10.6 Å². The Kier molecular flexibility index (Phi) is 5.15. The van der Waals surface area contributed by atoms with Crippen molar-refractivity contribution in [2.45, 2.75) is 19.8 Å². The minimum Gasteiger partial charge on any atom is -0.351 e. The van der Waals surface area contributed by atoms with Gasteiger partial charge in [0.1, 0.15) is 0 Å². The van der Waals surface area contributed by atoms with Gasteiger partial charge >= 0.3 is 11.8 Å². The third-order valence-electron chi connectivity index (χ3n) is 1.25. The van der Waals surface area contributed by atoms with Crippen LogP contribution in [0.25, 0.3) is 0 Å². The third-order valence-corrected chi connectivity index (χ3v) is 1.25. The lowest BCUT2D eigenvalue weighted by molar-refractivity contribution is -0.138.